The number of furan rings is 1. The summed E-state index contributed by atoms with van der Waals surface area (Å²) in [4.78, 5) is 15.5. The molecule has 3 heterocycles. The van der Waals surface area contributed by atoms with Gasteiger partial charge in [0.25, 0.3) is 0 Å². The van der Waals surface area contributed by atoms with E-state index in [2.05, 4.69) is 138 Å². The molecular formula is C49H30N4O. The van der Waals surface area contributed by atoms with E-state index in [1.807, 2.05) is 48.5 Å². The number of aromatic nitrogens is 4. The van der Waals surface area contributed by atoms with Gasteiger partial charge in [0.1, 0.15) is 11.2 Å². The summed E-state index contributed by atoms with van der Waals surface area (Å²) >= 11 is 0. The minimum atomic E-state index is 0.590. The summed E-state index contributed by atoms with van der Waals surface area (Å²) in [7, 11) is 0. The van der Waals surface area contributed by atoms with Gasteiger partial charge in [-0.05, 0) is 59.0 Å². The topological polar surface area (TPSA) is 56.7 Å². The van der Waals surface area contributed by atoms with Crippen LogP contribution in [-0.2, 0) is 0 Å². The third-order valence-electron chi connectivity index (χ3n) is 10.4. The van der Waals surface area contributed by atoms with E-state index in [1.54, 1.807) is 0 Å². The third-order valence-corrected chi connectivity index (χ3v) is 10.4. The van der Waals surface area contributed by atoms with Crippen LogP contribution in [0.4, 0.5) is 0 Å². The molecule has 0 aliphatic carbocycles. The summed E-state index contributed by atoms with van der Waals surface area (Å²) in [5.74, 6) is 1.81. The number of hydrogen-bond donors (Lipinski definition) is 0. The van der Waals surface area contributed by atoms with Crippen molar-refractivity contribution >= 4 is 54.5 Å². The first-order valence-corrected chi connectivity index (χ1v) is 18.1. The van der Waals surface area contributed by atoms with E-state index in [-0.39, 0.29) is 0 Å². The molecular weight excluding hydrogens is 661 g/mol. The molecule has 0 aliphatic heterocycles. The van der Waals surface area contributed by atoms with Crippen molar-refractivity contribution in [2.45, 2.75) is 0 Å². The zero-order valence-electron chi connectivity index (χ0n) is 29.0. The van der Waals surface area contributed by atoms with Crippen LogP contribution in [0.15, 0.2) is 186 Å². The number of nitrogens with zero attached hydrogens (tertiary/aromatic N) is 4. The van der Waals surface area contributed by atoms with Gasteiger partial charge in [0.05, 0.1) is 11.0 Å². The zero-order chi connectivity index (χ0) is 35.6. The summed E-state index contributed by atoms with van der Waals surface area (Å²) in [5, 5.41) is 6.52. The molecule has 11 aromatic rings. The van der Waals surface area contributed by atoms with Gasteiger partial charge in [-0.1, -0.05) is 140 Å². The molecule has 0 saturated carbocycles. The lowest BCUT2D eigenvalue weighted by atomic mass is 9.99. The van der Waals surface area contributed by atoms with Crippen LogP contribution in [0, 0.1) is 0 Å². The fourth-order valence-electron chi connectivity index (χ4n) is 7.91. The Labute approximate surface area is 310 Å². The summed E-state index contributed by atoms with van der Waals surface area (Å²) in [5.41, 5.74) is 10.1. The van der Waals surface area contributed by atoms with Crippen molar-refractivity contribution in [3.8, 4) is 51.0 Å². The van der Waals surface area contributed by atoms with Crippen molar-refractivity contribution < 1.29 is 4.42 Å². The van der Waals surface area contributed by atoms with Gasteiger partial charge >= 0.3 is 0 Å². The smallest absolute Gasteiger partial charge is 0.164 e. The molecule has 0 amide bonds. The molecule has 0 aliphatic rings. The Balaban J connectivity index is 1.17. The van der Waals surface area contributed by atoms with Gasteiger partial charge in [-0.2, -0.15) is 0 Å². The average Bonchev–Trinajstić information content (AvgIpc) is 3.80. The van der Waals surface area contributed by atoms with Crippen molar-refractivity contribution in [2.75, 3.05) is 0 Å². The minimum absolute atomic E-state index is 0.590. The van der Waals surface area contributed by atoms with E-state index in [0.29, 0.717) is 17.5 Å². The highest BCUT2D eigenvalue weighted by molar-refractivity contribution is 6.21. The Morgan fingerprint density at radius 2 is 0.907 bits per heavy atom. The maximum Gasteiger partial charge on any atom is 0.164 e. The van der Waals surface area contributed by atoms with E-state index >= 15 is 0 Å². The van der Waals surface area contributed by atoms with E-state index in [0.717, 1.165) is 77.2 Å². The van der Waals surface area contributed by atoms with Crippen LogP contribution in [0.1, 0.15) is 0 Å². The predicted octanol–water partition coefficient (Wildman–Crippen LogP) is 12.7. The van der Waals surface area contributed by atoms with Crippen LogP contribution in [0.5, 0.6) is 0 Å². The van der Waals surface area contributed by atoms with Crippen LogP contribution in [0.2, 0.25) is 0 Å². The van der Waals surface area contributed by atoms with Gasteiger partial charge in [0.15, 0.2) is 17.5 Å². The maximum absolute atomic E-state index is 6.71. The normalized spacial score (nSPS) is 11.7. The monoisotopic (exact) mass is 690 g/mol. The number of hydrogen-bond acceptors (Lipinski definition) is 4. The molecule has 0 spiro atoms. The maximum atomic E-state index is 6.71. The third kappa shape index (κ3) is 4.83. The van der Waals surface area contributed by atoms with Crippen LogP contribution in [0.25, 0.3) is 105 Å². The first kappa shape index (κ1) is 30.3. The second-order valence-electron chi connectivity index (χ2n) is 13.6. The highest BCUT2D eigenvalue weighted by Crippen LogP contribution is 2.42. The van der Waals surface area contributed by atoms with Crippen LogP contribution < -0.4 is 0 Å². The highest BCUT2D eigenvalue weighted by atomic mass is 16.3. The molecule has 0 bridgehead atoms. The molecule has 252 valence electrons. The molecule has 5 heteroatoms. The van der Waals surface area contributed by atoms with Gasteiger partial charge in [-0.15, -0.1) is 0 Å². The van der Waals surface area contributed by atoms with E-state index in [1.165, 1.54) is 10.8 Å². The lowest BCUT2D eigenvalue weighted by Gasteiger charge is -2.13. The Morgan fingerprint density at radius 1 is 0.389 bits per heavy atom. The summed E-state index contributed by atoms with van der Waals surface area (Å²) < 4.78 is 9.05. The highest BCUT2D eigenvalue weighted by Gasteiger charge is 2.21. The van der Waals surface area contributed by atoms with E-state index in [4.69, 9.17) is 19.4 Å². The molecule has 0 saturated heterocycles. The Bertz CT molecular complexity index is 3150. The fourth-order valence-corrected chi connectivity index (χ4v) is 7.91. The fraction of sp³-hybridized carbons (Fsp3) is 0. The van der Waals surface area contributed by atoms with Gasteiger partial charge in [-0.3, -0.25) is 0 Å². The quantitative estimate of drug-likeness (QED) is 0.180. The lowest BCUT2D eigenvalue weighted by Crippen LogP contribution is -2.01. The lowest BCUT2D eigenvalue weighted by molar-refractivity contribution is 0.672. The minimum Gasteiger partial charge on any atom is -0.455 e. The Kier molecular flexibility index (Phi) is 6.79. The average molecular weight is 691 g/mol. The molecule has 54 heavy (non-hydrogen) atoms. The molecule has 3 aromatic heterocycles. The number of para-hydroxylation sites is 3. The summed E-state index contributed by atoms with van der Waals surface area (Å²) in [6.07, 6.45) is 0. The predicted molar refractivity (Wildman–Crippen MR) is 221 cm³/mol. The Morgan fingerprint density at radius 3 is 1.59 bits per heavy atom. The van der Waals surface area contributed by atoms with Crippen molar-refractivity contribution in [1.29, 1.82) is 0 Å². The molecule has 0 N–H and O–H groups in total. The van der Waals surface area contributed by atoms with Gasteiger partial charge in [0, 0.05) is 49.3 Å². The molecule has 11 rings (SSSR count). The molecule has 0 unspecified atom stereocenters. The second-order valence-corrected chi connectivity index (χ2v) is 13.6. The van der Waals surface area contributed by atoms with Crippen molar-refractivity contribution in [3.05, 3.63) is 182 Å². The molecule has 8 aromatic carbocycles. The Hall–Kier alpha value is -7.37. The first-order chi connectivity index (χ1) is 26.8. The molecule has 0 atom stereocenters. The van der Waals surface area contributed by atoms with Crippen LogP contribution in [-0.4, -0.2) is 19.5 Å². The van der Waals surface area contributed by atoms with E-state index in [9.17, 15) is 0 Å². The summed E-state index contributed by atoms with van der Waals surface area (Å²) in [6, 6.07) is 63.2. The van der Waals surface area contributed by atoms with Crippen molar-refractivity contribution in [2.24, 2.45) is 0 Å². The van der Waals surface area contributed by atoms with Crippen molar-refractivity contribution in [1.82, 2.24) is 19.5 Å². The SMILES string of the molecule is c1ccc(-c2ccc(-c3nc(-c4ccccc4)nc(-c4cc5cc(-n6c7ccccc7c7ccccc76)ccc5c5oc6ccccc6c45)n3)cc2)cc1. The van der Waals surface area contributed by atoms with Gasteiger partial charge in [-0.25, -0.2) is 15.0 Å². The second kappa shape index (κ2) is 12.1. The summed E-state index contributed by atoms with van der Waals surface area (Å²) in [6.45, 7) is 0. The number of rotatable bonds is 5. The van der Waals surface area contributed by atoms with Gasteiger partial charge in [0.2, 0.25) is 0 Å². The van der Waals surface area contributed by atoms with Gasteiger partial charge < -0.3 is 8.98 Å². The van der Waals surface area contributed by atoms with Crippen LogP contribution >= 0.6 is 0 Å². The van der Waals surface area contributed by atoms with E-state index < -0.39 is 0 Å². The standard InChI is InChI=1S/C49H30N4O/c1-3-13-31(14-4-1)32-23-25-34(26-24-32)48-50-47(33-15-5-2-6-16-33)51-49(52-48)41-30-35-29-36(27-28-37(35)46-45(41)40-19-9-12-22-44(40)54-46)53-42-20-10-7-17-38(42)39-18-8-11-21-43(39)53/h1-30H. The van der Waals surface area contributed by atoms with Crippen LogP contribution in [0.3, 0.4) is 0 Å². The molecule has 0 radical (unpaired) electrons. The number of fused-ring (bicyclic) bond motifs is 8. The van der Waals surface area contributed by atoms with Crippen molar-refractivity contribution in [3.63, 3.8) is 0 Å². The number of benzene rings is 8. The molecule has 0 fully saturated rings. The first-order valence-electron chi connectivity index (χ1n) is 18.1. The molecule has 5 nitrogen and oxygen atoms in total. The zero-order valence-corrected chi connectivity index (χ0v) is 29.0. The largest absolute Gasteiger partial charge is 0.455 e.